The molecule has 3 heteroatoms. The van der Waals surface area contributed by atoms with Crippen molar-refractivity contribution < 1.29 is 4.79 Å². The van der Waals surface area contributed by atoms with Crippen LogP contribution >= 0.6 is 21.8 Å². The van der Waals surface area contributed by atoms with E-state index in [1.54, 1.807) is 11.3 Å². The highest BCUT2D eigenvalue weighted by atomic mass is 32.2. The molecule has 0 saturated heterocycles. The number of thiophene rings is 1. The minimum atomic E-state index is -0.354. The summed E-state index contributed by atoms with van der Waals surface area (Å²) in [4.78, 5) is 11.4. The van der Waals surface area contributed by atoms with Crippen molar-refractivity contribution in [2.24, 2.45) is 0 Å². The molecule has 50 valence electrons. The minimum absolute atomic E-state index is 0.354. The number of fused-ring (bicyclic) bond motifs is 1. The zero-order chi connectivity index (χ0) is 6.97. The first-order chi connectivity index (χ1) is 4.92. The predicted octanol–water partition coefficient (Wildman–Crippen LogP) is 2.43. The molecule has 1 aliphatic heterocycles. The van der Waals surface area contributed by atoms with Crippen LogP contribution in [-0.2, 0) is 4.79 Å². The van der Waals surface area contributed by atoms with Gasteiger partial charge in [0.25, 0.3) is 0 Å². The second-order valence-electron chi connectivity index (χ2n) is 1.92. The van der Waals surface area contributed by atoms with E-state index < -0.39 is 0 Å². The summed E-state index contributed by atoms with van der Waals surface area (Å²) in [6.07, 6.45) is 1.99. The average Bonchev–Trinajstić information content (AvgIpc) is 2.44. The number of hydrogen-bond acceptors (Lipinski definition) is 2. The third-order valence-electron chi connectivity index (χ3n) is 1.36. The zero-order valence-electron chi connectivity index (χ0n) is 5.03. The smallest absolute Gasteiger partial charge is 0.164 e. The van der Waals surface area contributed by atoms with E-state index in [9.17, 15) is 4.79 Å². The van der Waals surface area contributed by atoms with Gasteiger partial charge in [-0.05, 0) is 32.9 Å². The van der Waals surface area contributed by atoms with Crippen molar-refractivity contribution in [1.29, 1.82) is 0 Å². The van der Waals surface area contributed by atoms with Crippen LogP contribution in [0.2, 0.25) is 0 Å². The van der Waals surface area contributed by atoms with E-state index in [0.29, 0.717) is 0 Å². The molecule has 0 amide bonds. The Morgan fingerprint density at radius 1 is 1.50 bits per heavy atom. The molecule has 1 unspecified atom stereocenters. The Kier molecular flexibility index (Phi) is 1.34. The van der Waals surface area contributed by atoms with Crippen LogP contribution in [0.25, 0.3) is 6.08 Å². The van der Waals surface area contributed by atoms with Crippen LogP contribution in [0.15, 0.2) is 21.1 Å². The van der Waals surface area contributed by atoms with Crippen LogP contribution in [0.3, 0.4) is 0 Å². The highest BCUT2D eigenvalue weighted by Gasteiger charge is 2.09. The van der Waals surface area contributed by atoms with Gasteiger partial charge in [-0.2, -0.15) is 11.3 Å². The van der Waals surface area contributed by atoms with E-state index in [-0.39, 0.29) is 10.5 Å². The van der Waals surface area contributed by atoms with Gasteiger partial charge in [-0.1, -0.05) is 0 Å². The van der Waals surface area contributed by atoms with Crippen LogP contribution in [0.5, 0.6) is 0 Å². The van der Waals surface area contributed by atoms with Crippen LogP contribution in [0.1, 0.15) is 5.56 Å². The maximum atomic E-state index is 10.3. The fourth-order valence-electron chi connectivity index (χ4n) is 0.883. The van der Waals surface area contributed by atoms with E-state index >= 15 is 0 Å². The van der Waals surface area contributed by atoms with Crippen molar-refractivity contribution >= 4 is 33.1 Å². The first-order valence-electron chi connectivity index (χ1n) is 2.77. The van der Waals surface area contributed by atoms with Crippen molar-refractivity contribution in [3.05, 3.63) is 21.7 Å². The molecule has 0 fully saturated rings. The summed E-state index contributed by atoms with van der Waals surface area (Å²) in [6.45, 7) is 0. The molecule has 10 heavy (non-hydrogen) atoms. The summed E-state index contributed by atoms with van der Waals surface area (Å²) in [5.74, 6) is 0. The highest BCUT2D eigenvalue weighted by Crippen LogP contribution is 2.39. The Bertz CT molecular complexity index is 342. The second-order valence-corrected chi connectivity index (χ2v) is 4.21. The van der Waals surface area contributed by atoms with Crippen molar-refractivity contribution in [1.82, 2.24) is 0 Å². The Labute approximate surface area is 64.9 Å². The molecule has 0 radical (unpaired) electrons. The van der Waals surface area contributed by atoms with E-state index in [4.69, 9.17) is 0 Å². The zero-order valence-corrected chi connectivity index (χ0v) is 6.67. The molecule has 0 saturated carbocycles. The van der Waals surface area contributed by atoms with Gasteiger partial charge < -0.3 is 0 Å². The topological polar surface area (TPSA) is 17.1 Å². The second kappa shape index (κ2) is 2.20. The van der Waals surface area contributed by atoms with Crippen LogP contribution < -0.4 is 0 Å². The predicted molar refractivity (Wildman–Crippen MR) is 44.9 cm³/mol. The first kappa shape index (κ1) is 6.10. The molecule has 0 N–H and O–H groups in total. The number of rotatable bonds is 0. The van der Waals surface area contributed by atoms with E-state index in [2.05, 4.69) is 5.38 Å². The Morgan fingerprint density at radius 2 is 2.40 bits per heavy atom. The molecule has 1 atom stereocenters. The third kappa shape index (κ3) is 0.721. The molecule has 1 aromatic heterocycles. The summed E-state index contributed by atoms with van der Waals surface area (Å²) >= 11 is 1.64. The fraction of sp³-hybridized carbons (Fsp3) is 0. The van der Waals surface area contributed by atoms with E-state index in [1.165, 1.54) is 5.56 Å². The van der Waals surface area contributed by atoms with Gasteiger partial charge in [0.05, 0.1) is 0 Å². The molecule has 1 nitrogen and oxygen atoms in total. The maximum absolute atomic E-state index is 10.3. The Hall–Kier alpha value is -0.630. The van der Waals surface area contributed by atoms with Gasteiger partial charge in [-0.15, -0.1) is 0 Å². The molecular formula is C7H4OS2. The lowest BCUT2D eigenvalue weighted by Gasteiger charge is -1.85. The van der Waals surface area contributed by atoms with Gasteiger partial charge in [0.2, 0.25) is 0 Å². The Balaban J connectivity index is 2.74. The molecule has 0 aliphatic carbocycles. The molecule has 0 spiro atoms. The van der Waals surface area contributed by atoms with Gasteiger partial charge in [-0.25, -0.2) is 4.79 Å². The van der Waals surface area contributed by atoms with Crippen molar-refractivity contribution in [2.75, 3.05) is 0 Å². The minimum Gasteiger partial charge on any atom is -0.226 e. The normalized spacial score (nSPS) is 20.6. The summed E-state index contributed by atoms with van der Waals surface area (Å²) in [5, 5.41) is 7.98. The van der Waals surface area contributed by atoms with E-state index in [0.717, 1.165) is 4.90 Å². The summed E-state index contributed by atoms with van der Waals surface area (Å²) < 4.78 is 0. The first-order valence-corrected chi connectivity index (χ1v) is 5.00. The molecular weight excluding hydrogens is 164 g/mol. The fourth-order valence-corrected chi connectivity index (χ4v) is 3.17. The van der Waals surface area contributed by atoms with Gasteiger partial charge in [0, 0.05) is 10.3 Å². The van der Waals surface area contributed by atoms with Crippen molar-refractivity contribution in [3.8, 4) is 0 Å². The number of hydrogen-bond donors (Lipinski definition) is 0. The third-order valence-corrected chi connectivity index (χ3v) is 3.69. The molecule has 2 heterocycles. The van der Waals surface area contributed by atoms with Crippen molar-refractivity contribution in [2.45, 2.75) is 4.90 Å². The van der Waals surface area contributed by atoms with Gasteiger partial charge in [-0.3, -0.25) is 0 Å². The maximum Gasteiger partial charge on any atom is 0.164 e. The lowest BCUT2D eigenvalue weighted by atomic mass is 10.3. The quantitative estimate of drug-likeness (QED) is 0.544. The lowest BCUT2D eigenvalue weighted by Crippen LogP contribution is -1.61. The average molecular weight is 168 g/mol. The summed E-state index contributed by atoms with van der Waals surface area (Å²) in [7, 11) is -0.354. The number of carbonyl (C=O) groups excluding carboxylic acids is 1. The Morgan fingerprint density at radius 3 is 3.20 bits per heavy atom. The van der Waals surface area contributed by atoms with Gasteiger partial charge >= 0.3 is 0 Å². The summed E-state index contributed by atoms with van der Waals surface area (Å²) in [6, 6.07) is 0. The van der Waals surface area contributed by atoms with E-state index in [1.807, 2.05) is 22.1 Å². The molecule has 0 aromatic carbocycles. The van der Waals surface area contributed by atoms with Crippen molar-refractivity contribution in [3.63, 3.8) is 0 Å². The molecule has 2 rings (SSSR count). The molecule has 0 bridgehead atoms. The standard InChI is InChI=1S/C7H4OS2/c8-5-10-2-1-6-3-9-4-7(6)10/h1-4H. The van der Waals surface area contributed by atoms with Crippen LogP contribution in [0, 0.1) is 0 Å². The van der Waals surface area contributed by atoms with Gasteiger partial charge in [0.15, 0.2) is 5.23 Å². The monoisotopic (exact) mass is 168 g/mol. The summed E-state index contributed by atoms with van der Waals surface area (Å²) in [5.41, 5.74) is 1.19. The van der Waals surface area contributed by atoms with Crippen LogP contribution in [-0.4, -0.2) is 5.23 Å². The molecule has 1 aromatic rings. The van der Waals surface area contributed by atoms with Gasteiger partial charge in [0.1, 0.15) is 0 Å². The molecule has 1 aliphatic rings. The lowest BCUT2D eigenvalue weighted by molar-refractivity contribution is 0.572. The largest absolute Gasteiger partial charge is 0.226 e. The van der Waals surface area contributed by atoms with Crippen LogP contribution in [0.4, 0.5) is 0 Å². The highest BCUT2D eigenvalue weighted by molar-refractivity contribution is 8.17. The SMILES string of the molecule is O=C=S1C=Cc2cscc21.